The van der Waals surface area contributed by atoms with Crippen molar-refractivity contribution in [2.75, 3.05) is 48.3 Å². The highest BCUT2D eigenvalue weighted by Crippen LogP contribution is 2.45. The lowest BCUT2D eigenvalue weighted by Gasteiger charge is -2.34. The Morgan fingerprint density at radius 3 is 2.41 bits per heavy atom. The van der Waals surface area contributed by atoms with Gasteiger partial charge in [-0.1, -0.05) is 30.3 Å². The van der Waals surface area contributed by atoms with Crippen molar-refractivity contribution in [2.24, 2.45) is 0 Å². The second-order valence-electron chi connectivity index (χ2n) is 8.46. The summed E-state index contributed by atoms with van der Waals surface area (Å²) in [6, 6.07) is 11.8. The fraction of sp³-hybridized carbons (Fsp3) is 0.391. The lowest BCUT2D eigenvalue weighted by Crippen LogP contribution is -2.39. The van der Waals surface area contributed by atoms with Crippen molar-refractivity contribution in [3.63, 3.8) is 0 Å². The number of carbonyl (C=O) groups is 2. The number of anilines is 2. The number of amides is 2. The number of ether oxygens (including phenoxy) is 1. The van der Waals surface area contributed by atoms with Crippen LogP contribution in [0.15, 0.2) is 42.5 Å². The van der Waals surface area contributed by atoms with Crippen LogP contribution in [0.1, 0.15) is 12.5 Å². The Bertz CT molecular complexity index is 1080. The Hall–Kier alpha value is -2.97. The molecule has 182 valence electrons. The summed E-state index contributed by atoms with van der Waals surface area (Å²) in [6.07, 6.45) is -0.750. The molecule has 0 spiro atoms. The van der Waals surface area contributed by atoms with Crippen molar-refractivity contribution in [3.8, 4) is 0 Å². The number of carbonyl (C=O) groups excluding carboxylic acids is 2. The molecule has 0 saturated carbocycles. The molecule has 2 aromatic carbocycles. The Balaban J connectivity index is 1.39. The average Bonchev–Trinajstić information content (AvgIpc) is 3.18. The van der Waals surface area contributed by atoms with Crippen LogP contribution >= 0.6 is 7.29 Å². The predicted molar refractivity (Wildman–Crippen MR) is 125 cm³/mol. The van der Waals surface area contributed by atoms with Gasteiger partial charge in [0.05, 0.1) is 18.8 Å². The van der Waals surface area contributed by atoms with Crippen LogP contribution in [0.2, 0.25) is 0 Å². The molecule has 11 heteroatoms. The summed E-state index contributed by atoms with van der Waals surface area (Å²) in [6.45, 7) is 2.50. The van der Waals surface area contributed by atoms with Gasteiger partial charge >= 0.3 is 6.09 Å². The van der Waals surface area contributed by atoms with E-state index >= 15 is 0 Å². The van der Waals surface area contributed by atoms with Crippen LogP contribution in [0, 0.1) is 11.6 Å². The van der Waals surface area contributed by atoms with E-state index in [0.29, 0.717) is 18.9 Å². The van der Waals surface area contributed by atoms with Crippen LogP contribution in [0.4, 0.5) is 25.0 Å². The maximum absolute atomic E-state index is 15.0. The third-order valence-electron chi connectivity index (χ3n) is 5.96. The van der Waals surface area contributed by atoms with Crippen molar-refractivity contribution in [2.45, 2.75) is 19.6 Å². The van der Waals surface area contributed by atoms with Gasteiger partial charge in [0.25, 0.3) is 0 Å². The minimum Gasteiger partial charge on any atom is -0.442 e. The maximum atomic E-state index is 15.0. The molecule has 2 N–H and O–H groups in total. The van der Waals surface area contributed by atoms with Crippen molar-refractivity contribution >= 4 is 30.7 Å². The zero-order valence-corrected chi connectivity index (χ0v) is 19.7. The van der Waals surface area contributed by atoms with Gasteiger partial charge in [-0.25, -0.2) is 13.6 Å². The largest absolute Gasteiger partial charge is 0.442 e. The Morgan fingerprint density at radius 2 is 1.79 bits per heavy atom. The van der Waals surface area contributed by atoms with E-state index in [9.17, 15) is 22.9 Å². The van der Waals surface area contributed by atoms with Gasteiger partial charge in [-0.2, -0.15) is 0 Å². The van der Waals surface area contributed by atoms with E-state index < -0.39 is 31.1 Å². The summed E-state index contributed by atoms with van der Waals surface area (Å²) < 4.78 is 48.3. The summed E-state index contributed by atoms with van der Waals surface area (Å²) in [5.74, 6) is -1.87. The molecule has 0 aromatic heterocycles. The third-order valence-corrected chi connectivity index (χ3v) is 8.54. The number of nitrogens with zero attached hydrogens (tertiary/aromatic N) is 2. The van der Waals surface area contributed by atoms with Crippen molar-refractivity contribution in [1.82, 2.24) is 10.4 Å². The molecule has 2 amide bonds. The highest BCUT2D eigenvalue weighted by Gasteiger charge is 2.35. The first-order valence-corrected chi connectivity index (χ1v) is 13.2. The quantitative estimate of drug-likeness (QED) is 0.577. The van der Waals surface area contributed by atoms with Crippen LogP contribution in [-0.4, -0.2) is 56.6 Å². The van der Waals surface area contributed by atoms with Gasteiger partial charge in [0.1, 0.15) is 11.8 Å². The SMILES string of the molecule is CC(=O)NC[C@H]1CN(c2cc(F)c(N3CCP(=O)(NCc4ccccc4)CC3)c(F)c2)C(=O)O1. The zero-order valence-electron chi connectivity index (χ0n) is 18.8. The zero-order chi connectivity index (χ0) is 24.3. The fourth-order valence-electron chi connectivity index (χ4n) is 4.11. The molecule has 0 radical (unpaired) electrons. The van der Waals surface area contributed by atoms with E-state index in [1.807, 2.05) is 30.3 Å². The highest BCUT2D eigenvalue weighted by molar-refractivity contribution is 7.62. The lowest BCUT2D eigenvalue weighted by molar-refractivity contribution is -0.119. The summed E-state index contributed by atoms with van der Waals surface area (Å²) in [5, 5.41) is 5.70. The molecular weight excluding hydrogens is 465 g/mol. The molecule has 2 aliphatic rings. The van der Waals surface area contributed by atoms with Crippen molar-refractivity contribution in [1.29, 1.82) is 0 Å². The van der Waals surface area contributed by atoms with Gasteiger partial charge in [-0.05, 0) is 5.56 Å². The number of rotatable bonds is 7. The summed E-state index contributed by atoms with van der Waals surface area (Å²) >= 11 is 0. The van der Waals surface area contributed by atoms with Crippen LogP contribution in [0.25, 0.3) is 0 Å². The first-order valence-electron chi connectivity index (χ1n) is 11.1. The first-order chi connectivity index (χ1) is 16.2. The smallest absolute Gasteiger partial charge is 0.414 e. The summed E-state index contributed by atoms with van der Waals surface area (Å²) in [7, 11) is -2.66. The second-order valence-corrected chi connectivity index (χ2v) is 11.4. The van der Waals surface area contributed by atoms with Crippen LogP contribution in [-0.2, 0) is 20.6 Å². The second kappa shape index (κ2) is 10.1. The topological polar surface area (TPSA) is 91.0 Å². The lowest BCUT2D eigenvalue weighted by atomic mass is 10.2. The maximum Gasteiger partial charge on any atom is 0.414 e. The number of nitrogens with one attached hydrogen (secondary N) is 2. The molecular formula is C23H27F2N4O4P. The van der Waals surface area contributed by atoms with E-state index in [-0.39, 0.29) is 43.5 Å². The number of cyclic esters (lactones) is 1. The molecule has 34 heavy (non-hydrogen) atoms. The molecule has 8 nitrogen and oxygen atoms in total. The van der Waals surface area contributed by atoms with E-state index in [0.717, 1.165) is 22.6 Å². The molecule has 2 heterocycles. The van der Waals surface area contributed by atoms with Crippen LogP contribution in [0.5, 0.6) is 0 Å². The molecule has 0 aliphatic carbocycles. The minimum atomic E-state index is -2.66. The predicted octanol–water partition coefficient (Wildman–Crippen LogP) is 3.31. The van der Waals surface area contributed by atoms with Gasteiger partial charge in [-0.15, -0.1) is 0 Å². The minimum absolute atomic E-state index is 0.0429. The molecule has 0 bridgehead atoms. The van der Waals surface area contributed by atoms with Crippen LogP contribution in [0.3, 0.4) is 0 Å². The van der Waals surface area contributed by atoms with Crippen molar-refractivity contribution in [3.05, 3.63) is 59.7 Å². The van der Waals surface area contributed by atoms with E-state index in [2.05, 4.69) is 10.4 Å². The Kier molecular flexibility index (Phi) is 7.19. The van der Waals surface area contributed by atoms with Crippen molar-refractivity contribution < 1.29 is 27.7 Å². The number of hydrogen-bond acceptors (Lipinski definition) is 5. The summed E-state index contributed by atoms with van der Waals surface area (Å²) in [5.41, 5.74) is 0.870. The monoisotopic (exact) mass is 492 g/mol. The Labute approximate surface area is 196 Å². The Morgan fingerprint density at radius 1 is 1.15 bits per heavy atom. The molecule has 2 fully saturated rings. The average molecular weight is 492 g/mol. The number of halogens is 2. The molecule has 4 rings (SSSR count). The highest BCUT2D eigenvalue weighted by atomic mass is 31.2. The first kappa shape index (κ1) is 24.2. The van der Waals surface area contributed by atoms with Gasteiger partial charge in [0, 0.05) is 51.0 Å². The van der Waals surface area contributed by atoms with E-state index in [1.165, 1.54) is 6.92 Å². The van der Waals surface area contributed by atoms with Gasteiger partial charge in [-0.3, -0.25) is 14.8 Å². The molecule has 1 atom stereocenters. The van der Waals surface area contributed by atoms with Gasteiger partial charge < -0.3 is 19.5 Å². The van der Waals surface area contributed by atoms with Gasteiger partial charge in [0.2, 0.25) is 5.91 Å². The number of benzene rings is 2. The van der Waals surface area contributed by atoms with Crippen LogP contribution < -0.4 is 20.2 Å². The molecule has 2 aliphatic heterocycles. The third kappa shape index (κ3) is 5.56. The van der Waals surface area contributed by atoms with E-state index in [1.54, 1.807) is 4.90 Å². The fourth-order valence-corrected chi connectivity index (χ4v) is 6.25. The summed E-state index contributed by atoms with van der Waals surface area (Å²) in [4.78, 5) is 25.9. The number of hydrogen-bond donors (Lipinski definition) is 2. The van der Waals surface area contributed by atoms with E-state index in [4.69, 9.17) is 4.74 Å². The standard InChI is InChI=1S/C23H27F2N4O4P/c1-16(30)26-14-19-15-29(23(31)33-19)18-11-20(24)22(21(25)12-18)28-7-9-34(32,10-8-28)27-13-17-5-3-2-4-6-17/h2-6,11-12,19H,7-10,13-15H2,1H3,(H,26,30)(H,27,32)/t19-/m0/s1. The normalized spacial score (nSPS) is 19.7. The van der Waals surface area contributed by atoms with Gasteiger partial charge in [0.15, 0.2) is 18.9 Å². The molecule has 0 unspecified atom stereocenters. The molecule has 2 aromatic rings. The molecule has 2 saturated heterocycles.